The van der Waals surface area contributed by atoms with Crippen LogP contribution in [0.15, 0.2) is 30.4 Å². The minimum absolute atomic E-state index is 0.250. The summed E-state index contributed by atoms with van der Waals surface area (Å²) in [6.07, 6.45) is 2.45. The van der Waals surface area contributed by atoms with Gasteiger partial charge in [-0.1, -0.05) is 41.4 Å². The quantitative estimate of drug-likeness (QED) is 0.823. The van der Waals surface area contributed by atoms with Crippen LogP contribution < -0.4 is 5.32 Å². The average Bonchev–Trinajstić information content (AvgIpc) is 3.08. The third kappa shape index (κ3) is 2.72. The lowest BCUT2D eigenvalue weighted by Gasteiger charge is -2.21. The molecule has 0 spiro atoms. The van der Waals surface area contributed by atoms with Gasteiger partial charge in [0.05, 0.1) is 28.2 Å². The summed E-state index contributed by atoms with van der Waals surface area (Å²) in [7, 11) is 0. The number of carbonyl (C=O) groups excluding carboxylic acids is 1. The van der Waals surface area contributed by atoms with Crippen molar-refractivity contribution in [2.75, 3.05) is 0 Å². The molecule has 22 heavy (non-hydrogen) atoms. The van der Waals surface area contributed by atoms with Crippen molar-refractivity contribution >= 4 is 35.1 Å². The number of hydrogen-bond acceptors (Lipinski definition) is 3. The molecule has 5 nitrogen and oxygen atoms in total. The van der Waals surface area contributed by atoms with Gasteiger partial charge in [-0.15, -0.1) is 0 Å². The Hall–Kier alpha value is -1.56. The summed E-state index contributed by atoms with van der Waals surface area (Å²) in [5.74, 6) is -2.92. The maximum absolute atomic E-state index is 12.3. The van der Waals surface area contributed by atoms with E-state index in [4.69, 9.17) is 27.9 Å². The van der Waals surface area contributed by atoms with Crippen LogP contribution in [0.2, 0.25) is 10.0 Å². The first-order valence-electron chi connectivity index (χ1n) is 6.75. The Bertz CT molecular complexity index is 661. The van der Waals surface area contributed by atoms with Crippen LogP contribution in [0.4, 0.5) is 0 Å². The molecule has 116 valence electrons. The Morgan fingerprint density at radius 2 is 1.82 bits per heavy atom. The molecule has 2 bridgehead atoms. The van der Waals surface area contributed by atoms with Crippen LogP contribution in [0, 0.1) is 11.8 Å². The van der Waals surface area contributed by atoms with E-state index in [1.165, 1.54) is 0 Å². The molecule has 0 saturated carbocycles. The first kappa shape index (κ1) is 15.3. The number of rotatable bonds is 4. The number of carboxylic acids is 1. The SMILES string of the molecule is O=C(NCc1ccc(Cl)c(Cl)c1)[C@@H]1[C@@H](C(=O)O)[C@H]2C=C[C@@H]1O2. The van der Waals surface area contributed by atoms with Crippen LogP contribution in [0.25, 0.3) is 0 Å². The molecule has 2 aliphatic rings. The maximum Gasteiger partial charge on any atom is 0.310 e. The van der Waals surface area contributed by atoms with Gasteiger partial charge in [-0.2, -0.15) is 0 Å². The van der Waals surface area contributed by atoms with E-state index in [1.807, 2.05) is 0 Å². The number of ether oxygens (including phenoxy) is 1. The van der Waals surface area contributed by atoms with Gasteiger partial charge in [0.2, 0.25) is 5.91 Å². The molecule has 1 saturated heterocycles. The van der Waals surface area contributed by atoms with E-state index in [0.717, 1.165) is 5.56 Å². The van der Waals surface area contributed by atoms with E-state index in [9.17, 15) is 14.7 Å². The van der Waals surface area contributed by atoms with Crippen LogP contribution in [-0.4, -0.2) is 29.2 Å². The fraction of sp³-hybridized carbons (Fsp3) is 0.333. The molecule has 2 heterocycles. The maximum atomic E-state index is 12.3. The van der Waals surface area contributed by atoms with Gasteiger partial charge in [-0.05, 0) is 17.7 Å². The van der Waals surface area contributed by atoms with Crippen molar-refractivity contribution in [3.05, 3.63) is 46.0 Å². The van der Waals surface area contributed by atoms with E-state index in [1.54, 1.807) is 30.4 Å². The van der Waals surface area contributed by atoms with Gasteiger partial charge in [-0.25, -0.2) is 0 Å². The summed E-state index contributed by atoms with van der Waals surface area (Å²) >= 11 is 11.8. The van der Waals surface area contributed by atoms with Crippen molar-refractivity contribution < 1.29 is 19.4 Å². The number of benzene rings is 1. The number of carbonyl (C=O) groups is 2. The third-order valence-electron chi connectivity index (χ3n) is 3.94. The topological polar surface area (TPSA) is 75.6 Å². The molecule has 1 fully saturated rings. The molecule has 0 unspecified atom stereocenters. The predicted octanol–water partition coefficient (Wildman–Crippen LogP) is 2.26. The Kier molecular flexibility index (Phi) is 4.12. The molecule has 4 atom stereocenters. The minimum Gasteiger partial charge on any atom is -0.481 e. The Morgan fingerprint density at radius 3 is 2.45 bits per heavy atom. The van der Waals surface area contributed by atoms with E-state index in [0.29, 0.717) is 10.0 Å². The second kappa shape index (κ2) is 5.91. The summed E-state index contributed by atoms with van der Waals surface area (Å²) in [5.41, 5.74) is 0.786. The number of fused-ring (bicyclic) bond motifs is 2. The van der Waals surface area contributed by atoms with E-state index < -0.39 is 30.0 Å². The fourth-order valence-corrected chi connectivity index (χ4v) is 3.19. The van der Waals surface area contributed by atoms with Gasteiger partial charge in [0.15, 0.2) is 0 Å². The molecular formula is C15H13Cl2NO4. The van der Waals surface area contributed by atoms with Gasteiger partial charge >= 0.3 is 5.97 Å². The molecule has 1 amide bonds. The van der Waals surface area contributed by atoms with Crippen molar-refractivity contribution in [2.45, 2.75) is 18.8 Å². The highest BCUT2D eigenvalue weighted by Crippen LogP contribution is 2.39. The van der Waals surface area contributed by atoms with Gasteiger partial charge < -0.3 is 15.2 Å². The standard InChI is InChI=1S/C15H13Cl2NO4/c16-8-2-1-7(5-9(8)17)6-18-14(19)12-10-3-4-11(22-10)13(12)15(20)21/h1-5,10-13H,6H2,(H,18,19)(H,20,21)/t10-,11+,12-,13-/m0/s1. The number of carboxylic acid groups (broad SMARTS) is 1. The molecule has 3 rings (SSSR count). The number of halogens is 2. The lowest BCUT2D eigenvalue weighted by molar-refractivity contribution is -0.146. The zero-order valence-corrected chi connectivity index (χ0v) is 12.8. The van der Waals surface area contributed by atoms with Crippen molar-refractivity contribution in [1.82, 2.24) is 5.32 Å². The third-order valence-corrected chi connectivity index (χ3v) is 4.68. The Morgan fingerprint density at radius 1 is 1.14 bits per heavy atom. The summed E-state index contributed by atoms with van der Waals surface area (Å²) in [4.78, 5) is 23.7. The summed E-state index contributed by atoms with van der Waals surface area (Å²) in [5, 5.41) is 12.9. The van der Waals surface area contributed by atoms with E-state index in [2.05, 4.69) is 5.32 Å². The minimum atomic E-state index is -1.02. The molecule has 1 aromatic carbocycles. The van der Waals surface area contributed by atoms with Crippen LogP contribution >= 0.6 is 23.2 Å². The van der Waals surface area contributed by atoms with Crippen LogP contribution in [0.1, 0.15) is 5.56 Å². The fourth-order valence-electron chi connectivity index (χ4n) is 2.87. The average molecular weight is 342 g/mol. The zero-order valence-electron chi connectivity index (χ0n) is 11.3. The van der Waals surface area contributed by atoms with Crippen molar-refractivity contribution in [3.8, 4) is 0 Å². The highest BCUT2D eigenvalue weighted by Gasteiger charge is 2.53. The number of aliphatic carboxylic acids is 1. The predicted molar refractivity (Wildman–Crippen MR) is 80.7 cm³/mol. The normalized spacial score (nSPS) is 28.8. The Balaban J connectivity index is 1.68. The molecule has 0 aliphatic carbocycles. The van der Waals surface area contributed by atoms with Crippen molar-refractivity contribution in [2.24, 2.45) is 11.8 Å². The molecule has 2 aliphatic heterocycles. The van der Waals surface area contributed by atoms with Crippen LogP contribution in [0.5, 0.6) is 0 Å². The second-order valence-electron chi connectivity index (χ2n) is 5.31. The molecule has 0 aromatic heterocycles. The molecule has 0 radical (unpaired) electrons. The first-order chi connectivity index (χ1) is 10.5. The van der Waals surface area contributed by atoms with Gasteiger partial charge in [0, 0.05) is 6.54 Å². The molecule has 2 N–H and O–H groups in total. The number of nitrogens with one attached hydrogen (secondary N) is 1. The van der Waals surface area contributed by atoms with Crippen LogP contribution in [0.3, 0.4) is 0 Å². The molecule has 7 heteroatoms. The van der Waals surface area contributed by atoms with E-state index >= 15 is 0 Å². The highest BCUT2D eigenvalue weighted by atomic mass is 35.5. The van der Waals surface area contributed by atoms with Gasteiger partial charge in [0.25, 0.3) is 0 Å². The highest BCUT2D eigenvalue weighted by molar-refractivity contribution is 6.42. The smallest absolute Gasteiger partial charge is 0.310 e. The summed E-state index contributed by atoms with van der Waals surface area (Å²) < 4.78 is 5.48. The second-order valence-corrected chi connectivity index (χ2v) is 6.12. The van der Waals surface area contributed by atoms with Gasteiger partial charge in [-0.3, -0.25) is 9.59 Å². The summed E-state index contributed by atoms with van der Waals surface area (Å²) in [6.45, 7) is 0.250. The lowest BCUT2D eigenvalue weighted by atomic mass is 9.82. The van der Waals surface area contributed by atoms with Crippen molar-refractivity contribution in [1.29, 1.82) is 0 Å². The van der Waals surface area contributed by atoms with Gasteiger partial charge in [0.1, 0.15) is 5.92 Å². The molecular weight excluding hydrogens is 329 g/mol. The lowest BCUT2D eigenvalue weighted by Crippen LogP contribution is -2.42. The largest absolute Gasteiger partial charge is 0.481 e. The first-order valence-corrected chi connectivity index (χ1v) is 7.51. The van der Waals surface area contributed by atoms with Crippen LogP contribution in [-0.2, 0) is 20.9 Å². The number of hydrogen-bond donors (Lipinski definition) is 2. The van der Waals surface area contributed by atoms with Crippen molar-refractivity contribution in [3.63, 3.8) is 0 Å². The zero-order chi connectivity index (χ0) is 15.9. The van der Waals surface area contributed by atoms with E-state index in [-0.39, 0.29) is 12.5 Å². The summed E-state index contributed by atoms with van der Waals surface area (Å²) in [6, 6.07) is 5.06. The molecule has 1 aromatic rings. The Labute approximate surface area is 136 Å². The number of amides is 1. The monoisotopic (exact) mass is 341 g/mol.